The molecule has 4 nitrogen and oxygen atoms in total. The van der Waals surface area contributed by atoms with Crippen molar-refractivity contribution in [1.82, 2.24) is 4.90 Å². The Morgan fingerprint density at radius 3 is 2.93 bits per heavy atom. The average Bonchev–Trinajstić information content (AvgIpc) is 2.49. The van der Waals surface area contributed by atoms with Crippen molar-refractivity contribution < 1.29 is 10.2 Å². The third-order valence-corrected chi connectivity index (χ3v) is 2.78. The van der Waals surface area contributed by atoms with Gasteiger partial charge in [0, 0.05) is 12.2 Å². The van der Waals surface area contributed by atoms with E-state index in [2.05, 4.69) is 0 Å². The summed E-state index contributed by atoms with van der Waals surface area (Å²) >= 11 is 0. The second-order valence-corrected chi connectivity index (χ2v) is 3.65. The zero-order chi connectivity index (χ0) is 10.3. The lowest BCUT2D eigenvalue weighted by Gasteiger charge is -2.30. The van der Waals surface area contributed by atoms with Crippen molar-refractivity contribution in [3.8, 4) is 6.07 Å². The Morgan fingerprint density at radius 1 is 1.57 bits per heavy atom. The molecular formula is C10H12N2O2. The van der Waals surface area contributed by atoms with E-state index in [0.29, 0.717) is 18.5 Å². The lowest BCUT2D eigenvalue weighted by atomic mass is 10.0. The summed E-state index contributed by atoms with van der Waals surface area (Å²) in [5, 5.41) is 28.2. The van der Waals surface area contributed by atoms with Gasteiger partial charge < -0.3 is 15.1 Å². The first-order valence-electron chi connectivity index (χ1n) is 4.60. The maximum Gasteiger partial charge on any atom is 0.163 e. The van der Waals surface area contributed by atoms with E-state index in [9.17, 15) is 10.2 Å². The highest BCUT2D eigenvalue weighted by atomic mass is 16.3. The fourth-order valence-electron chi connectivity index (χ4n) is 1.98. The minimum absolute atomic E-state index is 0.378. The molecule has 0 aromatic rings. The SMILES string of the molecule is CC1=C(C#N)C(O)N2CCC(O)C2=C1. The topological polar surface area (TPSA) is 67.5 Å². The van der Waals surface area contributed by atoms with Crippen molar-refractivity contribution >= 4 is 0 Å². The van der Waals surface area contributed by atoms with Crippen LogP contribution in [0.1, 0.15) is 13.3 Å². The van der Waals surface area contributed by atoms with Crippen LogP contribution in [-0.4, -0.2) is 34.0 Å². The van der Waals surface area contributed by atoms with Crippen molar-refractivity contribution in [2.24, 2.45) is 0 Å². The van der Waals surface area contributed by atoms with E-state index < -0.39 is 12.3 Å². The first-order valence-corrected chi connectivity index (χ1v) is 4.60. The van der Waals surface area contributed by atoms with Gasteiger partial charge in [-0.15, -0.1) is 0 Å². The highest BCUT2D eigenvalue weighted by Crippen LogP contribution is 2.32. The summed E-state index contributed by atoms with van der Waals surface area (Å²) in [6.07, 6.45) is 1.02. The van der Waals surface area contributed by atoms with E-state index in [-0.39, 0.29) is 0 Å². The molecule has 2 heterocycles. The number of hydrogen-bond donors (Lipinski definition) is 2. The summed E-state index contributed by atoms with van der Waals surface area (Å²) in [5.41, 5.74) is 1.85. The maximum absolute atomic E-state index is 9.82. The normalized spacial score (nSPS) is 31.3. The third-order valence-electron chi connectivity index (χ3n) is 2.78. The van der Waals surface area contributed by atoms with Crippen molar-refractivity contribution in [2.45, 2.75) is 25.7 Å². The summed E-state index contributed by atoms with van der Waals surface area (Å²) in [7, 11) is 0. The molecule has 1 fully saturated rings. The van der Waals surface area contributed by atoms with Gasteiger partial charge in [-0.1, -0.05) is 0 Å². The van der Waals surface area contributed by atoms with Gasteiger partial charge in [-0.05, 0) is 25.0 Å². The number of nitriles is 1. The lowest BCUT2D eigenvalue weighted by Crippen LogP contribution is -2.36. The van der Waals surface area contributed by atoms with E-state index >= 15 is 0 Å². The minimum atomic E-state index is -0.878. The Kier molecular flexibility index (Phi) is 2.06. The molecule has 2 rings (SSSR count). The summed E-state index contributed by atoms with van der Waals surface area (Å²) in [5.74, 6) is 0. The van der Waals surface area contributed by atoms with Gasteiger partial charge in [0.15, 0.2) is 6.23 Å². The maximum atomic E-state index is 9.82. The summed E-state index contributed by atoms with van der Waals surface area (Å²) in [4.78, 5) is 1.68. The molecule has 0 radical (unpaired) electrons. The number of rotatable bonds is 0. The Balaban J connectivity index is 2.44. The molecule has 0 amide bonds. The quantitative estimate of drug-likeness (QED) is 0.571. The van der Waals surface area contributed by atoms with Crippen LogP contribution in [0, 0.1) is 11.3 Å². The van der Waals surface area contributed by atoms with Crippen LogP contribution in [0.2, 0.25) is 0 Å². The van der Waals surface area contributed by atoms with Crippen molar-refractivity contribution in [3.63, 3.8) is 0 Å². The third kappa shape index (κ3) is 1.14. The van der Waals surface area contributed by atoms with Crippen LogP contribution in [0.15, 0.2) is 22.9 Å². The molecule has 1 saturated heterocycles. The molecule has 2 aliphatic heterocycles. The van der Waals surface area contributed by atoms with Crippen LogP contribution >= 0.6 is 0 Å². The zero-order valence-corrected chi connectivity index (χ0v) is 7.94. The average molecular weight is 192 g/mol. The van der Waals surface area contributed by atoms with E-state index in [1.807, 2.05) is 6.07 Å². The first-order chi connectivity index (χ1) is 6.65. The van der Waals surface area contributed by atoms with Gasteiger partial charge >= 0.3 is 0 Å². The highest BCUT2D eigenvalue weighted by molar-refractivity contribution is 5.43. The number of aliphatic hydroxyl groups is 2. The smallest absolute Gasteiger partial charge is 0.163 e. The van der Waals surface area contributed by atoms with Crippen molar-refractivity contribution in [3.05, 3.63) is 22.9 Å². The second kappa shape index (κ2) is 3.12. The standard InChI is InChI=1S/C10H12N2O2/c1-6-4-8-9(13)2-3-12(8)10(14)7(6)5-11/h4,9-10,13-14H,2-3H2,1H3. The molecule has 14 heavy (non-hydrogen) atoms. The monoisotopic (exact) mass is 192 g/mol. The van der Waals surface area contributed by atoms with Crippen LogP contribution in [0.5, 0.6) is 0 Å². The lowest BCUT2D eigenvalue weighted by molar-refractivity contribution is 0.0667. The molecule has 74 valence electrons. The molecule has 0 saturated carbocycles. The van der Waals surface area contributed by atoms with Crippen molar-refractivity contribution in [2.75, 3.05) is 6.54 Å². The van der Waals surface area contributed by atoms with Crippen LogP contribution in [-0.2, 0) is 0 Å². The summed E-state index contributed by atoms with van der Waals surface area (Å²) in [6.45, 7) is 2.38. The first kappa shape index (κ1) is 9.25. The molecule has 0 aromatic carbocycles. The molecule has 2 atom stereocenters. The van der Waals surface area contributed by atoms with Crippen LogP contribution in [0.4, 0.5) is 0 Å². The molecule has 4 heteroatoms. The van der Waals surface area contributed by atoms with Crippen LogP contribution in [0.25, 0.3) is 0 Å². The molecular weight excluding hydrogens is 180 g/mol. The fourth-order valence-corrected chi connectivity index (χ4v) is 1.98. The van der Waals surface area contributed by atoms with Crippen molar-refractivity contribution in [1.29, 1.82) is 5.26 Å². The predicted octanol–water partition coefficient (Wildman–Crippen LogP) is 0.109. The summed E-state index contributed by atoms with van der Waals surface area (Å²) in [6, 6.07) is 1.99. The Hall–Kier alpha value is -1.31. The van der Waals surface area contributed by atoms with Gasteiger partial charge in [-0.2, -0.15) is 5.26 Å². The fraction of sp³-hybridized carbons (Fsp3) is 0.500. The number of aliphatic hydroxyl groups excluding tert-OH is 2. The predicted molar refractivity (Wildman–Crippen MR) is 49.7 cm³/mol. The number of allylic oxidation sites excluding steroid dienone is 2. The van der Waals surface area contributed by atoms with Gasteiger partial charge in [-0.25, -0.2) is 0 Å². The van der Waals surface area contributed by atoms with Gasteiger partial charge in [0.05, 0.1) is 17.7 Å². The minimum Gasteiger partial charge on any atom is -0.387 e. The second-order valence-electron chi connectivity index (χ2n) is 3.65. The molecule has 2 aliphatic rings. The highest BCUT2D eigenvalue weighted by Gasteiger charge is 2.35. The van der Waals surface area contributed by atoms with E-state index in [1.165, 1.54) is 0 Å². The Morgan fingerprint density at radius 2 is 2.29 bits per heavy atom. The molecule has 2 N–H and O–H groups in total. The zero-order valence-electron chi connectivity index (χ0n) is 7.94. The van der Waals surface area contributed by atoms with Crippen LogP contribution in [0.3, 0.4) is 0 Å². The molecule has 0 aromatic heterocycles. The van der Waals surface area contributed by atoms with Crippen LogP contribution < -0.4 is 0 Å². The molecule has 0 spiro atoms. The van der Waals surface area contributed by atoms with E-state index in [0.717, 1.165) is 11.3 Å². The number of nitrogens with zero attached hydrogens (tertiary/aromatic N) is 2. The number of hydrogen-bond acceptors (Lipinski definition) is 4. The number of fused-ring (bicyclic) bond motifs is 1. The molecule has 0 bridgehead atoms. The van der Waals surface area contributed by atoms with E-state index in [4.69, 9.17) is 5.26 Å². The summed E-state index contributed by atoms with van der Waals surface area (Å²) < 4.78 is 0. The molecule has 0 aliphatic carbocycles. The largest absolute Gasteiger partial charge is 0.387 e. The van der Waals surface area contributed by atoms with Gasteiger partial charge in [0.1, 0.15) is 0 Å². The Labute approximate surface area is 82.4 Å². The molecule has 2 unspecified atom stereocenters. The van der Waals surface area contributed by atoms with Gasteiger partial charge in [0.2, 0.25) is 0 Å². The van der Waals surface area contributed by atoms with Gasteiger partial charge in [0.25, 0.3) is 0 Å². The Bertz CT molecular complexity index is 365. The van der Waals surface area contributed by atoms with Gasteiger partial charge in [-0.3, -0.25) is 0 Å². The van der Waals surface area contributed by atoms with E-state index in [1.54, 1.807) is 17.9 Å².